The molecule has 0 bridgehead atoms. The molecule has 1 aromatic rings. The number of hydrogen-bond donors (Lipinski definition) is 1. The average molecular weight is 264 g/mol. The number of anilines is 1. The van der Waals surface area contributed by atoms with Gasteiger partial charge >= 0.3 is 0 Å². The molecule has 98 valence electrons. The van der Waals surface area contributed by atoms with Gasteiger partial charge in [-0.25, -0.2) is 9.97 Å². The van der Waals surface area contributed by atoms with E-state index in [1.54, 1.807) is 12.3 Å². The van der Waals surface area contributed by atoms with Crippen molar-refractivity contribution in [3.63, 3.8) is 0 Å². The van der Waals surface area contributed by atoms with Gasteiger partial charge in [0.05, 0.1) is 0 Å². The molecule has 1 fully saturated rings. The minimum atomic E-state index is 0.332. The second-order valence-electron chi connectivity index (χ2n) is 5.21. The van der Waals surface area contributed by atoms with E-state index in [1.165, 1.54) is 12.8 Å². The van der Waals surface area contributed by atoms with Crippen molar-refractivity contribution in [3.8, 4) is 0 Å². The summed E-state index contributed by atoms with van der Waals surface area (Å²) in [7, 11) is 0. The Bertz CT molecular complexity index is 429. The fraction of sp³-hybridized carbons (Fsp3) is 0.615. The van der Waals surface area contributed by atoms with Crippen LogP contribution in [0, 0.1) is 5.92 Å². The zero-order valence-electron chi connectivity index (χ0n) is 11.0. The minimum Gasteiger partial charge on any atom is -0.388 e. The normalized spacial score (nSPS) is 14.8. The molecular weight excluding hydrogens is 244 g/mol. The molecule has 0 aliphatic heterocycles. The fourth-order valence-corrected chi connectivity index (χ4v) is 1.97. The molecule has 0 spiro atoms. The molecule has 2 rings (SSSR count). The quantitative estimate of drug-likeness (QED) is 0.798. The van der Waals surface area contributed by atoms with Crippen molar-refractivity contribution in [2.24, 2.45) is 11.7 Å². The van der Waals surface area contributed by atoms with Crippen LogP contribution in [-0.2, 0) is 0 Å². The summed E-state index contributed by atoms with van der Waals surface area (Å²) >= 11 is 4.96. The van der Waals surface area contributed by atoms with E-state index in [4.69, 9.17) is 18.0 Å². The van der Waals surface area contributed by atoms with E-state index in [9.17, 15) is 0 Å². The number of aromatic nitrogens is 2. The Labute approximate surface area is 114 Å². The summed E-state index contributed by atoms with van der Waals surface area (Å²) in [6.07, 6.45) is 5.36. The van der Waals surface area contributed by atoms with Crippen molar-refractivity contribution in [1.29, 1.82) is 0 Å². The van der Waals surface area contributed by atoms with Crippen LogP contribution in [0.3, 0.4) is 0 Å². The van der Waals surface area contributed by atoms with E-state index in [1.807, 2.05) is 0 Å². The van der Waals surface area contributed by atoms with Crippen LogP contribution in [0.2, 0.25) is 0 Å². The van der Waals surface area contributed by atoms with Gasteiger partial charge in [0.1, 0.15) is 10.7 Å². The van der Waals surface area contributed by atoms with E-state index >= 15 is 0 Å². The Morgan fingerprint density at radius 1 is 1.56 bits per heavy atom. The maximum absolute atomic E-state index is 5.62. The van der Waals surface area contributed by atoms with Gasteiger partial charge in [-0.05, 0) is 31.2 Å². The SMILES string of the molecule is CC(C)CCN(c1nccc(C(N)=S)n1)C1CC1. The second-order valence-corrected chi connectivity index (χ2v) is 5.65. The second kappa shape index (κ2) is 5.61. The lowest BCUT2D eigenvalue weighted by molar-refractivity contribution is 0.565. The Hall–Kier alpha value is -1.23. The Morgan fingerprint density at radius 2 is 2.28 bits per heavy atom. The van der Waals surface area contributed by atoms with Gasteiger partial charge in [-0.1, -0.05) is 26.1 Å². The first-order chi connectivity index (χ1) is 8.58. The highest BCUT2D eigenvalue weighted by molar-refractivity contribution is 7.80. The summed E-state index contributed by atoms with van der Waals surface area (Å²) in [5, 5.41) is 0. The highest BCUT2D eigenvalue weighted by atomic mass is 32.1. The number of nitrogens with two attached hydrogens (primary N) is 1. The van der Waals surface area contributed by atoms with Gasteiger partial charge in [-0.15, -0.1) is 0 Å². The largest absolute Gasteiger partial charge is 0.388 e. The van der Waals surface area contributed by atoms with Crippen LogP contribution in [0.15, 0.2) is 12.3 Å². The predicted octanol–water partition coefficient (Wildman–Crippen LogP) is 2.13. The molecule has 0 atom stereocenters. The van der Waals surface area contributed by atoms with Crippen LogP contribution in [0.1, 0.15) is 38.8 Å². The molecular formula is C13H20N4S. The number of thiocarbonyl (C=S) groups is 1. The molecule has 1 heterocycles. The third-order valence-corrected chi connectivity index (χ3v) is 3.30. The molecule has 0 amide bonds. The van der Waals surface area contributed by atoms with Crippen molar-refractivity contribution in [2.45, 2.75) is 39.2 Å². The molecule has 1 aromatic heterocycles. The van der Waals surface area contributed by atoms with Gasteiger partial charge in [0.25, 0.3) is 0 Å². The van der Waals surface area contributed by atoms with Crippen LogP contribution in [0.25, 0.3) is 0 Å². The van der Waals surface area contributed by atoms with Crippen molar-refractivity contribution >= 4 is 23.2 Å². The summed E-state index contributed by atoms with van der Waals surface area (Å²) in [4.78, 5) is 11.4. The monoisotopic (exact) mass is 264 g/mol. The third-order valence-electron chi connectivity index (χ3n) is 3.09. The van der Waals surface area contributed by atoms with Gasteiger partial charge in [0.15, 0.2) is 0 Å². The Morgan fingerprint density at radius 3 is 2.83 bits per heavy atom. The van der Waals surface area contributed by atoms with E-state index in [2.05, 4.69) is 28.7 Å². The maximum atomic E-state index is 5.62. The predicted molar refractivity (Wildman–Crippen MR) is 77.7 cm³/mol. The molecule has 4 nitrogen and oxygen atoms in total. The maximum Gasteiger partial charge on any atom is 0.226 e. The first-order valence-corrected chi connectivity index (χ1v) is 6.88. The van der Waals surface area contributed by atoms with Crippen molar-refractivity contribution < 1.29 is 0 Å². The van der Waals surface area contributed by atoms with Crippen molar-refractivity contribution in [2.75, 3.05) is 11.4 Å². The van der Waals surface area contributed by atoms with Gasteiger partial charge < -0.3 is 10.6 Å². The summed E-state index contributed by atoms with van der Waals surface area (Å²) < 4.78 is 0. The van der Waals surface area contributed by atoms with Gasteiger partial charge in [-0.3, -0.25) is 0 Å². The van der Waals surface area contributed by atoms with Crippen LogP contribution < -0.4 is 10.6 Å². The molecule has 0 aromatic carbocycles. The lowest BCUT2D eigenvalue weighted by atomic mass is 10.1. The topological polar surface area (TPSA) is 55.0 Å². The molecule has 1 saturated carbocycles. The fourth-order valence-electron chi connectivity index (χ4n) is 1.85. The third kappa shape index (κ3) is 3.38. The van der Waals surface area contributed by atoms with E-state index in [0.29, 0.717) is 22.6 Å². The lowest BCUT2D eigenvalue weighted by Crippen LogP contribution is -2.30. The summed E-state index contributed by atoms with van der Waals surface area (Å²) in [5.41, 5.74) is 6.28. The average Bonchev–Trinajstić information content (AvgIpc) is 3.14. The standard InChI is InChI=1S/C13H20N4S/c1-9(2)6-8-17(10-3-4-10)13-15-7-5-11(16-13)12(14)18/h5,7,9-10H,3-4,6,8H2,1-2H3,(H2,14,18). The zero-order valence-corrected chi connectivity index (χ0v) is 11.8. The molecule has 1 aliphatic carbocycles. The van der Waals surface area contributed by atoms with E-state index in [0.717, 1.165) is 18.9 Å². The highest BCUT2D eigenvalue weighted by Gasteiger charge is 2.30. The molecule has 0 radical (unpaired) electrons. The number of nitrogens with zero attached hydrogens (tertiary/aromatic N) is 3. The lowest BCUT2D eigenvalue weighted by Gasteiger charge is -2.23. The number of rotatable bonds is 6. The zero-order chi connectivity index (χ0) is 13.1. The van der Waals surface area contributed by atoms with Crippen LogP contribution in [0.5, 0.6) is 0 Å². The van der Waals surface area contributed by atoms with Gasteiger partial charge in [0.2, 0.25) is 5.95 Å². The molecule has 0 saturated heterocycles. The van der Waals surface area contributed by atoms with Crippen LogP contribution in [0.4, 0.5) is 5.95 Å². The Kier molecular flexibility index (Phi) is 4.11. The summed E-state index contributed by atoms with van der Waals surface area (Å²) in [6.45, 7) is 5.47. The van der Waals surface area contributed by atoms with Crippen molar-refractivity contribution in [1.82, 2.24) is 9.97 Å². The summed E-state index contributed by atoms with van der Waals surface area (Å²) in [5.74, 6) is 1.45. The van der Waals surface area contributed by atoms with Gasteiger partial charge in [-0.2, -0.15) is 0 Å². The smallest absolute Gasteiger partial charge is 0.226 e. The molecule has 18 heavy (non-hydrogen) atoms. The van der Waals surface area contributed by atoms with E-state index < -0.39 is 0 Å². The van der Waals surface area contributed by atoms with Gasteiger partial charge in [0, 0.05) is 18.8 Å². The first-order valence-electron chi connectivity index (χ1n) is 6.47. The summed E-state index contributed by atoms with van der Waals surface area (Å²) in [6, 6.07) is 2.37. The molecule has 2 N–H and O–H groups in total. The van der Waals surface area contributed by atoms with E-state index in [-0.39, 0.29) is 0 Å². The molecule has 1 aliphatic rings. The Balaban J connectivity index is 2.14. The molecule has 0 unspecified atom stereocenters. The first kappa shape index (κ1) is 13.2. The highest BCUT2D eigenvalue weighted by Crippen LogP contribution is 2.30. The minimum absolute atomic E-state index is 0.332. The van der Waals surface area contributed by atoms with Crippen molar-refractivity contribution in [3.05, 3.63) is 18.0 Å². The van der Waals surface area contributed by atoms with Crippen LogP contribution >= 0.6 is 12.2 Å². The number of hydrogen-bond acceptors (Lipinski definition) is 4. The van der Waals surface area contributed by atoms with Crippen LogP contribution in [-0.4, -0.2) is 27.5 Å². The molecule has 5 heteroatoms.